The summed E-state index contributed by atoms with van der Waals surface area (Å²) in [7, 11) is 0. The maximum Gasteiger partial charge on any atom is 0.0925 e. The van der Waals surface area contributed by atoms with Gasteiger partial charge in [0, 0.05) is 5.71 Å². The second-order valence-corrected chi connectivity index (χ2v) is 3.01. The van der Waals surface area contributed by atoms with E-state index in [0.717, 1.165) is 17.2 Å². The highest BCUT2D eigenvalue weighted by Crippen LogP contribution is 1.97. The Morgan fingerprint density at radius 2 is 1.90 bits per heavy atom. The number of nitrogens with zero attached hydrogens (tertiary/aromatic N) is 2. The molecule has 58 valence electrons. The topological polar surface area (TPSA) is 24.7 Å². The van der Waals surface area contributed by atoms with Crippen molar-refractivity contribution in [3.8, 4) is 0 Å². The maximum atomic E-state index is 4.00. The predicted molar refractivity (Wildman–Crippen MR) is 50.0 cm³/mol. The molecule has 0 aliphatic carbocycles. The first-order valence-corrected chi connectivity index (χ1v) is 4.54. The summed E-state index contributed by atoms with van der Waals surface area (Å²) in [5, 5.41) is 8.99. The van der Waals surface area contributed by atoms with Gasteiger partial charge in [-0.15, -0.1) is 16.9 Å². The van der Waals surface area contributed by atoms with Crippen molar-refractivity contribution in [2.75, 3.05) is 6.26 Å². The largest absolute Gasteiger partial charge is 0.160 e. The number of hydrogen-bond acceptors (Lipinski definition) is 3. The Bertz CT molecular complexity index is 132. The molecule has 0 fully saturated rings. The van der Waals surface area contributed by atoms with Crippen LogP contribution < -0.4 is 0 Å². The van der Waals surface area contributed by atoms with E-state index in [0.29, 0.717) is 0 Å². The van der Waals surface area contributed by atoms with Crippen LogP contribution in [0.5, 0.6) is 0 Å². The summed E-state index contributed by atoms with van der Waals surface area (Å²) in [5.74, 6) is 0. The lowest BCUT2D eigenvalue weighted by molar-refractivity contribution is 1.16. The van der Waals surface area contributed by atoms with Crippen molar-refractivity contribution in [3.05, 3.63) is 0 Å². The van der Waals surface area contributed by atoms with E-state index in [2.05, 4.69) is 17.1 Å². The summed E-state index contributed by atoms with van der Waals surface area (Å²) in [5.41, 5.74) is 1.08. The molecule has 0 heterocycles. The minimum Gasteiger partial charge on any atom is -0.160 e. The van der Waals surface area contributed by atoms with Crippen LogP contribution in [0.25, 0.3) is 0 Å². The summed E-state index contributed by atoms with van der Waals surface area (Å²) in [4.78, 5) is 0. The van der Waals surface area contributed by atoms with Gasteiger partial charge in [-0.2, -0.15) is 5.10 Å². The Morgan fingerprint density at radius 3 is 2.30 bits per heavy atom. The highest BCUT2D eigenvalue weighted by atomic mass is 32.2. The molecule has 0 unspecified atom stereocenters. The van der Waals surface area contributed by atoms with Crippen LogP contribution in [0, 0.1) is 0 Å². The lowest BCUT2D eigenvalue weighted by Gasteiger charge is -1.90. The maximum absolute atomic E-state index is 4.00. The fraction of sp³-hybridized carbons (Fsp3) is 0.714. The monoisotopic (exact) mass is 158 g/mol. The summed E-state index contributed by atoms with van der Waals surface area (Å²) in [6, 6.07) is 0. The average Bonchev–Trinajstić information content (AvgIpc) is 1.99. The van der Waals surface area contributed by atoms with Crippen LogP contribution in [-0.2, 0) is 0 Å². The summed E-state index contributed by atoms with van der Waals surface area (Å²) in [6.45, 7) is 6.01. The lowest BCUT2D eigenvalue weighted by atomic mass is 10.3. The average molecular weight is 158 g/mol. The second-order valence-electron chi connectivity index (χ2n) is 2.01. The van der Waals surface area contributed by atoms with Crippen molar-refractivity contribution in [1.29, 1.82) is 0 Å². The molecule has 0 aromatic heterocycles. The van der Waals surface area contributed by atoms with Crippen molar-refractivity contribution in [2.45, 2.75) is 27.2 Å². The van der Waals surface area contributed by atoms with E-state index in [1.54, 1.807) is 11.8 Å². The third-order valence-electron chi connectivity index (χ3n) is 1.17. The highest BCUT2D eigenvalue weighted by Gasteiger charge is 1.84. The van der Waals surface area contributed by atoms with Crippen LogP contribution >= 0.6 is 11.8 Å². The van der Waals surface area contributed by atoms with Crippen molar-refractivity contribution in [1.82, 2.24) is 0 Å². The Hall–Kier alpha value is -0.310. The van der Waals surface area contributed by atoms with Gasteiger partial charge in [-0.3, -0.25) is 0 Å². The molecule has 0 spiro atoms. The van der Waals surface area contributed by atoms with Crippen molar-refractivity contribution in [3.63, 3.8) is 0 Å². The Morgan fingerprint density at radius 1 is 1.30 bits per heavy atom. The molecule has 0 atom stereocenters. The molecule has 0 amide bonds. The van der Waals surface area contributed by atoms with Gasteiger partial charge in [0.2, 0.25) is 0 Å². The Kier molecular flexibility index (Phi) is 5.30. The molecule has 0 saturated carbocycles. The molecule has 0 saturated heterocycles. The molecule has 2 nitrogen and oxygen atoms in total. The van der Waals surface area contributed by atoms with Gasteiger partial charge in [-0.25, -0.2) is 0 Å². The number of hydrogen-bond donors (Lipinski definition) is 0. The van der Waals surface area contributed by atoms with Crippen LogP contribution in [0.1, 0.15) is 27.2 Å². The van der Waals surface area contributed by atoms with E-state index in [9.17, 15) is 0 Å². The summed E-state index contributed by atoms with van der Waals surface area (Å²) in [6.07, 6.45) is 2.97. The molecule has 0 radical (unpaired) electrons. The molecule has 0 rings (SSSR count). The van der Waals surface area contributed by atoms with Gasteiger partial charge < -0.3 is 0 Å². The SMILES string of the molecule is CC/C(C)=N\N=C(/C)SC. The van der Waals surface area contributed by atoms with E-state index < -0.39 is 0 Å². The van der Waals surface area contributed by atoms with Gasteiger partial charge >= 0.3 is 0 Å². The first-order valence-electron chi connectivity index (χ1n) is 3.32. The molecular weight excluding hydrogens is 144 g/mol. The third kappa shape index (κ3) is 4.56. The van der Waals surface area contributed by atoms with Gasteiger partial charge in [0.15, 0.2) is 0 Å². The molecule has 10 heavy (non-hydrogen) atoms. The van der Waals surface area contributed by atoms with Gasteiger partial charge in [-0.05, 0) is 26.5 Å². The van der Waals surface area contributed by atoms with E-state index in [1.807, 2.05) is 20.1 Å². The zero-order chi connectivity index (χ0) is 7.98. The van der Waals surface area contributed by atoms with Gasteiger partial charge in [0.1, 0.15) is 0 Å². The second kappa shape index (κ2) is 5.47. The quantitative estimate of drug-likeness (QED) is 0.344. The zero-order valence-corrected chi connectivity index (χ0v) is 7.83. The van der Waals surface area contributed by atoms with Crippen molar-refractivity contribution >= 4 is 22.5 Å². The van der Waals surface area contributed by atoms with Gasteiger partial charge in [0.25, 0.3) is 0 Å². The molecule has 0 aliphatic heterocycles. The van der Waals surface area contributed by atoms with Gasteiger partial charge in [0.05, 0.1) is 5.04 Å². The summed E-state index contributed by atoms with van der Waals surface area (Å²) >= 11 is 1.62. The number of thioether (sulfide) groups is 1. The van der Waals surface area contributed by atoms with Crippen LogP contribution in [0.15, 0.2) is 10.2 Å². The number of rotatable bonds is 2. The fourth-order valence-electron chi connectivity index (χ4n) is 0.267. The van der Waals surface area contributed by atoms with Crippen LogP contribution in [0.3, 0.4) is 0 Å². The van der Waals surface area contributed by atoms with Crippen LogP contribution in [0.4, 0.5) is 0 Å². The summed E-state index contributed by atoms with van der Waals surface area (Å²) < 4.78 is 0. The minimum atomic E-state index is 0.977. The van der Waals surface area contributed by atoms with Crippen LogP contribution in [-0.4, -0.2) is 17.0 Å². The Balaban J connectivity index is 3.91. The normalized spacial score (nSPS) is 14.0. The molecule has 0 N–H and O–H groups in total. The molecule has 0 aromatic rings. The van der Waals surface area contributed by atoms with E-state index in [1.165, 1.54) is 0 Å². The Labute approximate surface area is 66.8 Å². The first-order chi connectivity index (χ1) is 4.70. The van der Waals surface area contributed by atoms with E-state index >= 15 is 0 Å². The van der Waals surface area contributed by atoms with Crippen molar-refractivity contribution in [2.24, 2.45) is 10.2 Å². The standard InChI is InChI=1S/C7H14N2S/c1-5-6(2)8-9-7(3)10-4/h5H2,1-4H3/b8-6-,9-7+. The third-order valence-corrected chi connectivity index (χ3v) is 1.84. The molecule has 0 bridgehead atoms. The molecular formula is C7H14N2S. The molecule has 3 heteroatoms. The fourth-order valence-corrected chi connectivity index (χ4v) is 0.390. The molecule has 0 aliphatic rings. The first kappa shape index (κ1) is 9.69. The lowest BCUT2D eigenvalue weighted by Crippen LogP contribution is -1.86. The molecule has 0 aromatic carbocycles. The van der Waals surface area contributed by atoms with Crippen molar-refractivity contribution < 1.29 is 0 Å². The van der Waals surface area contributed by atoms with Gasteiger partial charge in [-0.1, -0.05) is 6.92 Å². The predicted octanol–water partition coefficient (Wildman–Crippen LogP) is 2.55. The van der Waals surface area contributed by atoms with Crippen LogP contribution in [0.2, 0.25) is 0 Å². The minimum absolute atomic E-state index is 0.977. The van der Waals surface area contributed by atoms with E-state index in [-0.39, 0.29) is 0 Å². The smallest absolute Gasteiger partial charge is 0.0925 e. The highest BCUT2D eigenvalue weighted by molar-refractivity contribution is 8.13. The zero-order valence-electron chi connectivity index (χ0n) is 7.01. The van der Waals surface area contributed by atoms with E-state index in [4.69, 9.17) is 0 Å².